The zero-order valence-corrected chi connectivity index (χ0v) is 11.9. The molecule has 20 heavy (non-hydrogen) atoms. The van der Waals surface area contributed by atoms with Gasteiger partial charge in [0.25, 0.3) is 0 Å². The molecule has 0 heterocycles. The van der Waals surface area contributed by atoms with E-state index >= 15 is 0 Å². The fourth-order valence-corrected chi connectivity index (χ4v) is 1.48. The van der Waals surface area contributed by atoms with Crippen LogP contribution in [0.25, 0.3) is 0 Å². The summed E-state index contributed by atoms with van der Waals surface area (Å²) in [6, 6.07) is -3.06. The minimum absolute atomic E-state index is 0.241. The molecule has 0 fully saturated rings. The summed E-state index contributed by atoms with van der Waals surface area (Å²) < 4.78 is 0. The van der Waals surface area contributed by atoms with Crippen LogP contribution in [0.5, 0.6) is 0 Å². The fraction of sp³-hybridized carbons (Fsp3) is 0.750. The van der Waals surface area contributed by atoms with Crippen LogP contribution >= 0.6 is 0 Å². The third-order valence-corrected chi connectivity index (χ3v) is 2.61. The molecule has 3 atom stereocenters. The van der Waals surface area contributed by atoms with Gasteiger partial charge < -0.3 is 26.6 Å². The van der Waals surface area contributed by atoms with Gasteiger partial charge in [-0.25, -0.2) is 4.79 Å². The number of aliphatic hydroxyl groups is 1. The Labute approximate surface area is 117 Å². The highest BCUT2D eigenvalue weighted by molar-refractivity contribution is 5.91. The van der Waals surface area contributed by atoms with Crippen molar-refractivity contribution >= 4 is 17.8 Å². The first kappa shape index (κ1) is 18.3. The van der Waals surface area contributed by atoms with Crippen molar-refractivity contribution in [3.8, 4) is 0 Å². The Kier molecular flexibility index (Phi) is 7.78. The lowest BCUT2D eigenvalue weighted by atomic mass is 10.0. The SMILES string of the molecule is CC(C)C[C@H](N)C(=O)N[C@@H](C)C(=O)N[C@@H](CO)C(=O)O. The van der Waals surface area contributed by atoms with E-state index in [2.05, 4.69) is 10.6 Å². The smallest absolute Gasteiger partial charge is 0.328 e. The largest absolute Gasteiger partial charge is 0.480 e. The van der Waals surface area contributed by atoms with Crippen molar-refractivity contribution < 1.29 is 24.6 Å². The van der Waals surface area contributed by atoms with Gasteiger partial charge in [0.05, 0.1) is 12.6 Å². The maximum absolute atomic E-state index is 11.7. The number of carboxylic acid groups (broad SMARTS) is 1. The molecule has 0 aliphatic rings. The number of nitrogens with two attached hydrogens (primary N) is 1. The predicted octanol–water partition coefficient (Wildman–Crippen LogP) is -1.57. The van der Waals surface area contributed by atoms with Gasteiger partial charge in [0.2, 0.25) is 11.8 Å². The van der Waals surface area contributed by atoms with Crippen molar-refractivity contribution in [2.75, 3.05) is 6.61 Å². The predicted molar refractivity (Wildman–Crippen MR) is 71.7 cm³/mol. The Morgan fingerprint density at radius 2 is 1.65 bits per heavy atom. The quantitative estimate of drug-likeness (QED) is 0.365. The van der Waals surface area contributed by atoms with Crippen LogP contribution in [0.3, 0.4) is 0 Å². The second-order valence-corrected chi connectivity index (χ2v) is 5.05. The maximum atomic E-state index is 11.7. The van der Waals surface area contributed by atoms with Crippen LogP contribution in [0.15, 0.2) is 0 Å². The standard InChI is InChI=1S/C12H23N3O5/c1-6(2)4-8(13)11(18)14-7(3)10(17)15-9(5-16)12(19)20/h6-9,16H,4-5,13H2,1-3H3,(H,14,18)(H,15,17)(H,19,20)/t7-,8-,9-/m0/s1. The molecule has 0 saturated heterocycles. The molecule has 0 radical (unpaired) electrons. The van der Waals surface area contributed by atoms with Crippen LogP contribution in [-0.2, 0) is 14.4 Å². The summed E-state index contributed by atoms with van der Waals surface area (Å²) in [6.07, 6.45) is 0.481. The molecule has 0 unspecified atom stereocenters. The van der Waals surface area contributed by atoms with Gasteiger partial charge in [0.1, 0.15) is 12.1 Å². The van der Waals surface area contributed by atoms with Crippen molar-refractivity contribution in [3.05, 3.63) is 0 Å². The van der Waals surface area contributed by atoms with Gasteiger partial charge in [0.15, 0.2) is 0 Å². The molecule has 8 nitrogen and oxygen atoms in total. The molecule has 0 bridgehead atoms. The number of aliphatic hydroxyl groups excluding tert-OH is 1. The molecule has 8 heteroatoms. The second-order valence-electron chi connectivity index (χ2n) is 5.05. The molecule has 0 aromatic carbocycles. The number of aliphatic carboxylic acids is 1. The van der Waals surface area contributed by atoms with Crippen LogP contribution in [0.1, 0.15) is 27.2 Å². The van der Waals surface area contributed by atoms with Crippen molar-refractivity contribution in [1.29, 1.82) is 0 Å². The summed E-state index contributed by atoms with van der Waals surface area (Å²) in [5.74, 6) is -2.28. The maximum Gasteiger partial charge on any atom is 0.328 e. The van der Waals surface area contributed by atoms with Gasteiger partial charge >= 0.3 is 5.97 Å². The van der Waals surface area contributed by atoms with Crippen molar-refractivity contribution in [1.82, 2.24) is 10.6 Å². The van der Waals surface area contributed by atoms with Gasteiger partial charge in [-0.2, -0.15) is 0 Å². The molecule has 0 aromatic heterocycles. The first-order valence-corrected chi connectivity index (χ1v) is 6.39. The second kappa shape index (κ2) is 8.49. The Hall–Kier alpha value is -1.67. The lowest BCUT2D eigenvalue weighted by Gasteiger charge is -2.20. The topological polar surface area (TPSA) is 142 Å². The molecule has 0 aliphatic carbocycles. The summed E-state index contributed by atoms with van der Waals surface area (Å²) in [6.45, 7) is 4.52. The Morgan fingerprint density at radius 3 is 2.05 bits per heavy atom. The molecule has 0 saturated carbocycles. The monoisotopic (exact) mass is 289 g/mol. The molecular formula is C12H23N3O5. The summed E-state index contributed by atoms with van der Waals surface area (Å²) in [5.41, 5.74) is 5.66. The molecular weight excluding hydrogens is 266 g/mol. The first-order chi connectivity index (χ1) is 9.18. The average molecular weight is 289 g/mol. The number of hydrogen-bond acceptors (Lipinski definition) is 5. The molecule has 2 amide bonds. The number of nitrogens with one attached hydrogen (secondary N) is 2. The summed E-state index contributed by atoms with van der Waals surface area (Å²) in [7, 11) is 0. The van der Waals surface area contributed by atoms with E-state index in [1.54, 1.807) is 0 Å². The van der Waals surface area contributed by atoms with Crippen molar-refractivity contribution in [2.24, 2.45) is 11.7 Å². The Bertz CT molecular complexity index is 359. The average Bonchev–Trinajstić information content (AvgIpc) is 2.33. The third-order valence-electron chi connectivity index (χ3n) is 2.61. The van der Waals surface area contributed by atoms with E-state index in [0.29, 0.717) is 6.42 Å². The lowest BCUT2D eigenvalue weighted by Crippen LogP contribution is -2.54. The minimum Gasteiger partial charge on any atom is -0.480 e. The Morgan fingerprint density at radius 1 is 1.10 bits per heavy atom. The molecule has 0 aromatic rings. The van der Waals surface area contributed by atoms with Crippen LogP contribution in [0.4, 0.5) is 0 Å². The number of rotatable bonds is 8. The van der Waals surface area contributed by atoms with Crippen LogP contribution in [0.2, 0.25) is 0 Å². The molecule has 0 spiro atoms. The van der Waals surface area contributed by atoms with Crippen LogP contribution in [-0.4, -0.2) is 52.7 Å². The molecule has 0 rings (SSSR count). The fourth-order valence-electron chi connectivity index (χ4n) is 1.48. The van der Waals surface area contributed by atoms with Gasteiger partial charge in [-0.3, -0.25) is 9.59 Å². The van der Waals surface area contributed by atoms with E-state index in [9.17, 15) is 14.4 Å². The van der Waals surface area contributed by atoms with Gasteiger partial charge in [0, 0.05) is 0 Å². The van der Waals surface area contributed by atoms with E-state index in [4.69, 9.17) is 15.9 Å². The zero-order valence-electron chi connectivity index (χ0n) is 11.9. The van der Waals surface area contributed by atoms with Crippen molar-refractivity contribution in [3.63, 3.8) is 0 Å². The lowest BCUT2D eigenvalue weighted by molar-refractivity contribution is -0.143. The number of carbonyl (C=O) groups excluding carboxylic acids is 2. The summed E-state index contributed by atoms with van der Waals surface area (Å²) in [4.78, 5) is 34.0. The first-order valence-electron chi connectivity index (χ1n) is 6.39. The highest BCUT2D eigenvalue weighted by Crippen LogP contribution is 2.02. The molecule has 6 N–H and O–H groups in total. The highest BCUT2D eigenvalue weighted by Gasteiger charge is 2.24. The zero-order chi connectivity index (χ0) is 15.9. The number of amides is 2. The number of carbonyl (C=O) groups is 3. The number of hydrogen-bond donors (Lipinski definition) is 5. The van der Waals surface area contributed by atoms with Gasteiger partial charge in [-0.15, -0.1) is 0 Å². The number of carboxylic acids is 1. The normalized spacial score (nSPS) is 15.3. The molecule has 116 valence electrons. The Balaban J connectivity index is 4.38. The van der Waals surface area contributed by atoms with E-state index in [0.717, 1.165) is 0 Å². The highest BCUT2D eigenvalue weighted by atomic mass is 16.4. The van der Waals surface area contributed by atoms with E-state index < -0.39 is 42.5 Å². The minimum atomic E-state index is -1.40. The molecule has 0 aliphatic heterocycles. The van der Waals surface area contributed by atoms with E-state index in [-0.39, 0.29) is 5.92 Å². The van der Waals surface area contributed by atoms with E-state index in [1.807, 2.05) is 13.8 Å². The third kappa shape index (κ3) is 6.48. The van der Waals surface area contributed by atoms with Gasteiger partial charge in [-0.1, -0.05) is 13.8 Å². The van der Waals surface area contributed by atoms with Crippen LogP contribution < -0.4 is 16.4 Å². The summed E-state index contributed by atoms with van der Waals surface area (Å²) >= 11 is 0. The van der Waals surface area contributed by atoms with Gasteiger partial charge in [-0.05, 0) is 19.3 Å². The van der Waals surface area contributed by atoms with Crippen molar-refractivity contribution in [2.45, 2.75) is 45.3 Å². The summed E-state index contributed by atoms with van der Waals surface area (Å²) in [5, 5.41) is 22.0. The van der Waals surface area contributed by atoms with E-state index in [1.165, 1.54) is 6.92 Å². The van der Waals surface area contributed by atoms with Crippen LogP contribution in [0, 0.1) is 5.92 Å².